The maximum atomic E-state index is 13.9. The lowest BCUT2D eigenvalue weighted by molar-refractivity contribution is 0.529. The molecule has 7 nitrogen and oxygen atoms in total. The number of aromatic nitrogens is 5. The SMILES string of the molecule is CC(C)=C/C(=C\C(=C/N)c1cnc2n[nH]c(-c3cc4c(-c5cccc(F)c5)nccc4[nH]3)c2c1)N(C)C. The van der Waals surface area contributed by atoms with E-state index in [9.17, 15) is 4.39 Å². The van der Waals surface area contributed by atoms with Gasteiger partial charge in [-0.25, -0.2) is 9.37 Å². The third kappa shape index (κ3) is 4.73. The second-order valence-electron chi connectivity index (χ2n) is 9.32. The van der Waals surface area contributed by atoms with Crippen LogP contribution < -0.4 is 5.73 Å². The van der Waals surface area contributed by atoms with Gasteiger partial charge in [-0.1, -0.05) is 17.7 Å². The number of hydrogen-bond donors (Lipinski definition) is 3. The molecular formula is C29H28FN7. The molecule has 0 aliphatic rings. The first kappa shape index (κ1) is 24.0. The van der Waals surface area contributed by atoms with Crippen LogP contribution in [0.3, 0.4) is 0 Å². The van der Waals surface area contributed by atoms with Crippen LogP contribution in [0.5, 0.6) is 0 Å². The van der Waals surface area contributed by atoms with Crippen molar-refractivity contribution in [3.63, 3.8) is 0 Å². The van der Waals surface area contributed by atoms with Gasteiger partial charge in [0.05, 0.1) is 17.1 Å². The zero-order valence-corrected chi connectivity index (χ0v) is 21.2. The van der Waals surface area contributed by atoms with Crippen LogP contribution in [0, 0.1) is 5.82 Å². The number of halogens is 1. The standard InChI is InChI=1S/C29H28FN7/c1-17(2)10-22(37(3)4)12-19(15-31)20-13-24-28(35-36-29(24)33-16-20)26-14-23-25(34-26)8-9-32-27(23)18-6-5-7-21(30)11-18/h5-16,34H,31H2,1-4H3,(H,33,35,36)/b19-15+,22-12+. The molecule has 0 bridgehead atoms. The first-order valence-corrected chi connectivity index (χ1v) is 11.9. The molecule has 0 aliphatic heterocycles. The normalized spacial score (nSPS) is 12.4. The average molecular weight is 494 g/mol. The number of nitrogens with two attached hydrogens (primary N) is 1. The first-order valence-electron chi connectivity index (χ1n) is 11.9. The minimum Gasteiger partial charge on any atom is -0.404 e. The van der Waals surface area contributed by atoms with Crippen molar-refractivity contribution in [1.29, 1.82) is 0 Å². The Hall–Kier alpha value is -4.72. The van der Waals surface area contributed by atoms with E-state index < -0.39 is 0 Å². The highest BCUT2D eigenvalue weighted by molar-refractivity contribution is 5.99. The predicted octanol–water partition coefficient (Wildman–Crippen LogP) is 6.02. The van der Waals surface area contributed by atoms with Crippen molar-refractivity contribution in [2.24, 2.45) is 5.73 Å². The van der Waals surface area contributed by atoms with E-state index in [0.29, 0.717) is 16.9 Å². The van der Waals surface area contributed by atoms with Crippen LogP contribution in [0.4, 0.5) is 4.39 Å². The summed E-state index contributed by atoms with van der Waals surface area (Å²) in [4.78, 5) is 14.6. The Balaban J connectivity index is 1.61. The fourth-order valence-corrected chi connectivity index (χ4v) is 4.30. The Morgan fingerprint density at radius 3 is 2.59 bits per heavy atom. The highest BCUT2D eigenvalue weighted by Gasteiger charge is 2.16. The molecule has 37 heavy (non-hydrogen) atoms. The number of aromatic amines is 2. The maximum Gasteiger partial charge on any atom is 0.181 e. The Bertz CT molecular complexity index is 1700. The van der Waals surface area contributed by atoms with E-state index in [1.165, 1.54) is 17.7 Å². The summed E-state index contributed by atoms with van der Waals surface area (Å²) in [5.41, 5.74) is 14.5. The van der Waals surface area contributed by atoms with Crippen LogP contribution in [-0.2, 0) is 0 Å². The van der Waals surface area contributed by atoms with Crippen molar-refractivity contribution < 1.29 is 4.39 Å². The molecule has 0 amide bonds. The Morgan fingerprint density at radius 2 is 1.86 bits per heavy atom. The van der Waals surface area contributed by atoms with Gasteiger partial charge in [-0.2, -0.15) is 5.10 Å². The molecule has 0 aliphatic carbocycles. The van der Waals surface area contributed by atoms with Gasteiger partial charge in [0.2, 0.25) is 0 Å². The molecule has 5 aromatic rings. The second kappa shape index (κ2) is 9.73. The van der Waals surface area contributed by atoms with Crippen molar-refractivity contribution in [3.8, 4) is 22.6 Å². The summed E-state index contributed by atoms with van der Waals surface area (Å²) in [7, 11) is 4.00. The van der Waals surface area contributed by atoms with Crippen LogP contribution in [0.2, 0.25) is 0 Å². The molecule has 0 saturated carbocycles. The van der Waals surface area contributed by atoms with Crippen molar-refractivity contribution in [3.05, 3.63) is 95.9 Å². The molecule has 186 valence electrons. The highest BCUT2D eigenvalue weighted by Crippen LogP contribution is 2.33. The second-order valence-corrected chi connectivity index (χ2v) is 9.32. The smallest absolute Gasteiger partial charge is 0.181 e. The van der Waals surface area contributed by atoms with Crippen molar-refractivity contribution >= 4 is 27.5 Å². The summed E-state index contributed by atoms with van der Waals surface area (Å²) in [5.74, 6) is -0.301. The zero-order valence-electron chi connectivity index (χ0n) is 21.2. The molecule has 0 spiro atoms. The number of pyridine rings is 2. The van der Waals surface area contributed by atoms with E-state index in [1.54, 1.807) is 24.7 Å². The first-order chi connectivity index (χ1) is 17.8. The molecule has 4 N–H and O–H groups in total. The molecule has 0 radical (unpaired) electrons. The third-order valence-corrected chi connectivity index (χ3v) is 6.09. The van der Waals surface area contributed by atoms with Crippen LogP contribution in [-0.4, -0.2) is 44.1 Å². The third-order valence-electron chi connectivity index (χ3n) is 6.09. The molecular weight excluding hydrogens is 465 g/mol. The number of fused-ring (bicyclic) bond motifs is 2. The van der Waals surface area contributed by atoms with Crippen LogP contribution in [0.15, 0.2) is 84.5 Å². The lowest BCUT2D eigenvalue weighted by atomic mass is 10.0. The minimum absolute atomic E-state index is 0.301. The summed E-state index contributed by atoms with van der Waals surface area (Å²) in [6.07, 6.45) is 9.22. The number of H-pyrrole nitrogens is 2. The van der Waals surface area contributed by atoms with Crippen LogP contribution in [0.25, 0.3) is 50.2 Å². The van der Waals surface area contributed by atoms with Crippen LogP contribution >= 0.6 is 0 Å². The van der Waals surface area contributed by atoms with E-state index >= 15 is 0 Å². The minimum atomic E-state index is -0.301. The molecule has 4 heterocycles. The summed E-state index contributed by atoms with van der Waals surface area (Å²) in [6, 6.07) is 12.4. The number of benzene rings is 1. The predicted molar refractivity (Wildman–Crippen MR) is 148 cm³/mol. The molecule has 0 unspecified atom stereocenters. The fraction of sp³-hybridized carbons (Fsp3) is 0.138. The van der Waals surface area contributed by atoms with Crippen molar-refractivity contribution in [1.82, 2.24) is 30.0 Å². The van der Waals surface area contributed by atoms with Gasteiger partial charge in [-0.3, -0.25) is 10.1 Å². The van der Waals surface area contributed by atoms with Gasteiger partial charge < -0.3 is 15.6 Å². The average Bonchev–Trinajstić information content (AvgIpc) is 3.49. The summed E-state index contributed by atoms with van der Waals surface area (Å²) in [5, 5.41) is 9.27. The highest BCUT2D eigenvalue weighted by atomic mass is 19.1. The number of nitrogens with one attached hydrogen (secondary N) is 2. The van der Waals surface area contributed by atoms with Crippen LogP contribution in [0.1, 0.15) is 19.4 Å². The van der Waals surface area contributed by atoms with Crippen molar-refractivity contribution in [2.75, 3.05) is 14.1 Å². The molecule has 5 rings (SSSR count). The van der Waals surface area contributed by atoms with Crippen molar-refractivity contribution in [2.45, 2.75) is 13.8 Å². The summed E-state index contributed by atoms with van der Waals surface area (Å²) < 4.78 is 13.9. The largest absolute Gasteiger partial charge is 0.404 e. The molecule has 8 heteroatoms. The van der Waals surface area contributed by atoms with E-state index in [-0.39, 0.29) is 5.82 Å². The van der Waals surface area contributed by atoms with E-state index in [2.05, 4.69) is 45.1 Å². The topological polar surface area (TPSA) is 99.5 Å². The lowest BCUT2D eigenvalue weighted by Gasteiger charge is -2.15. The van der Waals surface area contributed by atoms with E-state index in [0.717, 1.165) is 44.5 Å². The Kier molecular flexibility index (Phi) is 6.31. The van der Waals surface area contributed by atoms with Gasteiger partial charge in [0.15, 0.2) is 5.65 Å². The molecule has 0 fully saturated rings. The fourth-order valence-electron chi connectivity index (χ4n) is 4.30. The van der Waals surface area contributed by atoms with Gasteiger partial charge in [0, 0.05) is 71.4 Å². The molecule has 0 saturated heterocycles. The number of rotatable bonds is 6. The Labute approximate surface area is 214 Å². The van der Waals surface area contributed by atoms with Gasteiger partial charge in [-0.15, -0.1) is 0 Å². The number of nitrogens with zero attached hydrogens (tertiary/aromatic N) is 4. The molecule has 0 atom stereocenters. The van der Waals surface area contributed by atoms with E-state index in [4.69, 9.17) is 5.73 Å². The quantitative estimate of drug-likeness (QED) is 0.251. The lowest BCUT2D eigenvalue weighted by Crippen LogP contribution is -2.10. The summed E-state index contributed by atoms with van der Waals surface area (Å²) in [6.45, 7) is 4.12. The Morgan fingerprint density at radius 1 is 1.03 bits per heavy atom. The number of allylic oxidation sites excluding steroid dienone is 4. The number of likely N-dealkylation sites (N-methyl/N-ethyl adjacent to an activating group) is 1. The van der Waals surface area contributed by atoms with Gasteiger partial charge in [0.25, 0.3) is 0 Å². The molecule has 4 aromatic heterocycles. The zero-order chi connectivity index (χ0) is 26.1. The van der Waals surface area contributed by atoms with Gasteiger partial charge in [0.1, 0.15) is 5.82 Å². The van der Waals surface area contributed by atoms with Gasteiger partial charge in [-0.05, 0) is 56.3 Å². The van der Waals surface area contributed by atoms with Gasteiger partial charge >= 0.3 is 0 Å². The maximum absolute atomic E-state index is 13.9. The summed E-state index contributed by atoms with van der Waals surface area (Å²) >= 11 is 0. The van der Waals surface area contributed by atoms with E-state index in [1.807, 2.05) is 49.3 Å². The monoisotopic (exact) mass is 493 g/mol. The number of hydrogen-bond acceptors (Lipinski definition) is 5. The molecule has 1 aromatic carbocycles.